The van der Waals surface area contributed by atoms with Crippen LogP contribution in [0.2, 0.25) is 0 Å². The third-order valence-electron chi connectivity index (χ3n) is 2.56. The average molecular weight is 315 g/mol. The Kier molecular flexibility index (Phi) is 7.13. The Hall–Kier alpha value is -1.64. The zero-order valence-corrected chi connectivity index (χ0v) is 13.0. The molecule has 0 unspecified atom stereocenters. The van der Waals surface area contributed by atoms with E-state index >= 15 is 0 Å². The highest BCUT2D eigenvalue weighted by molar-refractivity contribution is 7.88. The van der Waals surface area contributed by atoms with E-state index in [1.807, 2.05) is 12.1 Å². The van der Waals surface area contributed by atoms with Gasteiger partial charge in [0.15, 0.2) is 0 Å². The van der Waals surface area contributed by atoms with E-state index in [-0.39, 0.29) is 12.5 Å². The van der Waals surface area contributed by atoms with Gasteiger partial charge in [0.05, 0.1) is 25.6 Å². The number of carbonyl (C=O) groups excluding carboxylic acids is 1. The lowest BCUT2D eigenvalue weighted by Crippen LogP contribution is -2.31. The number of nitrogens with one attached hydrogen (secondary N) is 3. The maximum Gasteiger partial charge on any atom is 0.238 e. The number of sulfonamides is 1. The van der Waals surface area contributed by atoms with Gasteiger partial charge in [0.25, 0.3) is 0 Å². The number of amides is 1. The van der Waals surface area contributed by atoms with Crippen molar-refractivity contribution in [1.82, 2.24) is 10.0 Å². The first-order chi connectivity index (χ1) is 9.92. The molecule has 118 valence electrons. The van der Waals surface area contributed by atoms with Gasteiger partial charge in [0.2, 0.25) is 15.9 Å². The number of hydrogen-bond donors (Lipinski definition) is 3. The van der Waals surface area contributed by atoms with Crippen LogP contribution in [0.1, 0.15) is 6.42 Å². The van der Waals surface area contributed by atoms with E-state index in [2.05, 4.69) is 15.4 Å². The minimum Gasteiger partial charge on any atom is -0.495 e. The van der Waals surface area contributed by atoms with Gasteiger partial charge in [-0.1, -0.05) is 12.1 Å². The molecule has 1 aromatic rings. The summed E-state index contributed by atoms with van der Waals surface area (Å²) in [5.74, 6) is 0.416. The van der Waals surface area contributed by atoms with E-state index in [0.717, 1.165) is 6.26 Å². The quantitative estimate of drug-likeness (QED) is 0.564. The van der Waals surface area contributed by atoms with Crippen molar-refractivity contribution in [1.29, 1.82) is 0 Å². The Morgan fingerprint density at radius 1 is 1.24 bits per heavy atom. The number of hydrogen-bond acceptors (Lipinski definition) is 5. The molecular formula is C13H21N3O4S. The summed E-state index contributed by atoms with van der Waals surface area (Å²) in [6.45, 7) is 1.04. The Morgan fingerprint density at radius 2 is 1.95 bits per heavy atom. The van der Waals surface area contributed by atoms with Crippen molar-refractivity contribution in [3.8, 4) is 5.75 Å². The third kappa shape index (κ3) is 7.64. The summed E-state index contributed by atoms with van der Waals surface area (Å²) in [7, 11) is -1.61. The number of benzene rings is 1. The van der Waals surface area contributed by atoms with Crippen LogP contribution in [-0.2, 0) is 14.8 Å². The van der Waals surface area contributed by atoms with Crippen LogP contribution >= 0.6 is 0 Å². The standard InChI is InChI=1S/C13H21N3O4S/c1-20-12-7-4-3-6-11(12)16-13(17)10-14-8-5-9-15-21(2,18)19/h3-4,6-7,14-15H,5,8-10H2,1-2H3,(H,16,17). The molecule has 0 saturated carbocycles. The van der Waals surface area contributed by atoms with Crippen molar-refractivity contribution >= 4 is 21.6 Å². The van der Waals surface area contributed by atoms with Gasteiger partial charge in [-0.15, -0.1) is 0 Å². The van der Waals surface area contributed by atoms with Gasteiger partial charge in [-0.2, -0.15) is 0 Å². The fourth-order valence-electron chi connectivity index (χ4n) is 1.62. The van der Waals surface area contributed by atoms with E-state index in [1.54, 1.807) is 12.1 Å². The van der Waals surface area contributed by atoms with E-state index < -0.39 is 10.0 Å². The number of rotatable bonds is 9. The van der Waals surface area contributed by atoms with Crippen molar-refractivity contribution in [2.75, 3.05) is 38.3 Å². The van der Waals surface area contributed by atoms with Crippen LogP contribution < -0.4 is 20.1 Å². The lowest BCUT2D eigenvalue weighted by molar-refractivity contribution is -0.115. The summed E-state index contributed by atoms with van der Waals surface area (Å²) < 4.78 is 29.2. The molecule has 0 aliphatic carbocycles. The van der Waals surface area contributed by atoms with Gasteiger partial charge in [-0.3, -0.25) is 4.79 Å². The highest BCUT2D eigenvalue weighted by atomic mass is 32.2. The maximum absolute atomic E-state index is 11.7. The molecule has 0 spiro atoms. The van der Waals surface area contributed by atoms with Crippen LogP contribution in [0, 0.1) is 0 Å². The summed E-state index contributed by atoms with van der Waals surface area (Å²) in [5.41, 5.74) is 0.616. The Bertz CT molecular complexity index is 560. The normalized spacial score (nSPS) is 11.1. The Morgan fingerprint density at radius 3 is 2.62 bits per heavy atom. The van der Waals surface area contributed by atoms with Gasteiger partial charge in [0.1, 0.15) is 5.75 Å². The number of anilines is 1. The lowest BCUT2D eigenvalue weighted by atomic mass is 10.3. The minimum absolute atomic E-state index is 0.150. The van der Waals surface area contributed by atoms with Gasteiger partial charge in [-0.25, -0.2) is 13.1 Å². The molecule has 8 heteroatoms. The molecule has 0 aromatic heterocycles. The van der Waals surface area contributed by atoms with Crippen molar-refractivity contribution in [2.45, 2.75) is 6.42 Å². The number of methoxy groups -OCH3 is 1. The SMILES string of the molecule is COc1ccccc1NC(=O)CNCCCNS(C)(=O)=O. The van der Waals surface area contributed by atoms with Crippen LogP contribution in [-0.4, -0.2) is 47.3 Å². The van der Waals surface area contributed by atoms with Crippen molar-refractivity contribution < 1.29 is 17.9 Å². The van der Waals surface area contributed by atoms with E-state index in [0.29, 0.717) is 30.9 Å². The van der Waals surface area contributed by atoms with Crippen LogP contribution in [0.25, 0.3) is 0 Å². The molecule has 1 aromatic carbocycles. The minimum atomic E-state index is -3.15. The van der Waals surface area contributed by atoms with Crippen LogP contribution in [0.15, 0.2) is 24.3 Å². The highest BCUT2D eigenvalue weighted by Gasteiger charge is 2.06. The summed E-state index contributed by atoms with van der Waals surface area (Å²) in [5, 5.41) is 5.68. The van der Waals surface area contributed by atoms with Gasteiger partial charge >= 0.3 is 0 Å². The fraction of sp³-hybridized carbons (Fsp3) is 0.462. The van der Waals surface area contributed by atoms with Crippen molar-refractivity contribution in [3.05, 3.63) is 24.3 Å². The molecule has 0 aliphatic heterocycles. The first-order valence-corrected chi connectivity index (χ1v) is 8.40. The van der Waals surface area contributed by atoms with Gasteiger partial charge in [-0.05, 0) is 25.1 Å². The molecule has 0 bridgehead atoms. The zero-order chi connectivity index (χ0) is 15.7. The molecule has 0 saturated heterocycles. The molecular weight excluding hydrogens is 294 g/mol. The Balaban J connectivity index is 2.23. The van der Waals surface area contributed by atoms with Crippen LogP contribution in [0.5, 0.6) is 5.75 Å². The molecule has 0 radical (unpaired) electrons. The van der Waals surface area contributed by atoms with E-state index in [9.17, 15) is 13.2 Å². The molecule has 1 rings (SSSR count). The molecule has 7 nitrogen and oxygen atoms in total. The Labute approximate surface area is 125 Å². The summed E-state index contributed by atoms with van der Waals surface area (Å²) in [6, 6.07) is 7.15. The van der Waals surface area contributed by atoms with Crippen molar-refractivity contribution in [3.63, 3.8) is 0 Å². The molecule has 0 heterocycles. The van der Waals surface area contributed by atoms with E-state index in [4.69, 9.17) is 4.74 Å². The van der Waals surface area contributed by atoms with Gasteiger partial charge in [0, 0.05) is 6.54 Å². The fourth-order valence-corrected chi connectivity index (χ4v) is 2.13. The first kappa shape index (κ1) is 17.4. The molecule has 0 atom stereocenters. The first-order valence-electron chi connectivity index (χ1n) is 6.50. The summed E-state index contributed by atoms with van der Waals surface area (Å²) in [4.78, 5) is 11.7. The molecule has 0 fully saturated rings. The molecule has 0 aliphatic rings. The monoisotopic (exact) mass is 315 g/mol. The molecule has 21 heavy (non-hydrogen) atoms. The predicted octanol–water partition coefficient (Wildman–Crippen LogP) is 0.163. The third-order valence-corrected chi connectivity index (χ3v) is 3.29. The van der Waals surface area contributed by atoms with E-state index in [1.165, 1.54) is 7.11 Å². The zero-order valence-electron chi connectivity index (χ0n) is 12.2. The lowest BCUT2D eigenvalue weighted by Gasteiger charge is -2.10. The second kappa shape index (κ2) is 8.60. The maximum atomic E-state index is 11.7. The molecule has 3 N–H and O–H groups in total. The number of carbonyl (C=O) groups is 1. The number of para-hydroxylation sites is 2. The number of ether oxygens (including phenoxy) is 1. The predicted molar refractivity (Wildman–Crippen MR) is 82.0 cm³/mol. The average Bonchev–Trinajstić information content (AvgIpc) is 2.42. The summed E-state index contributed by atoms with van der Waals surface area (Å²) >= 11 is 0. The van der Waals surface area contributed by atoms with Crippen molar-refractivity contribution in [2.24, 2.45) is 0 Å². The second-order valence-corrected chi connectivity index (χ2v) is 6.28. The second-order valence-electron chi connectivity index (χ2n) is 4.45. The van der Waals surface area contributed by atoms with Crippen LogP contribution in [0.3, 0.4) is 0 Å². The smallest absolute Gasteiger partial charge is 0.238 e. The molecule has 1 amide bonds. The summed E-state index contributed by atoms with van der Waals surface area (Å²) in [6.07, 6.45) is 1.72. The highest BCUT2D eigenvalue weighted by Crippen LogP contribution is 2.22. The van der Waals surface area contributed by atoms with Gasteiger partial charge < -0.3 is 15.4 Å². The largest absolute Gasteiger partial charge is 0.495 e. The topological polar surface area (TPSA) is 96.5 Å². The van der Waals surface area contributed by atoms with Crippen LogP contribution in [0.4, 0.5) is 5.69 Å².